The number of aliphatic carboxylic acids is 1. The fourth-order valence-electron chi connectivity index (χ4n) is 4.43. The number of rotatable bonds is 11. The van der Waals surface area contributed by atoms with Gasteiger partial charge in [0.2, 0.25) is 11.8 Å². The maximum Gasteiger partial charge on any atom is 0.331 e. The van der Waals surface area contributed by atoms with E-state index in [1.165, 1.54) is 6.92 Å². The van der Waals surface area contributed by atoms with Crippen LogP contribution in [0.2, 0.25) is 0 Å². The SMILES string of the molecule is CCC(C)N1CCCCC1C(=O)N[C@@H](CC(C)C)C(=O)N(C)[C@H](/C=C(\C)C(=O)O)C(C)C. The molecule has 0 aromatic rings. The summed E-state index contributed by atoms with van der Waals surface area (Å²) in [7, 11) is 1.70. The van der Waals surface area contributed by atoms with Crippen molar-refractivity contribution in [3.05, 3.63) is 11.6 Å². The fourth-order valence-corrected chi connectivity index (χ4v) is 4.43. The molecule has 1 rings (SSSR count). The molecule has 32 heavy (non-hydrogen) atoms. The largest absolute Gasteiger partial charge is 0.478 e. The first-order valence-corrected chi connectivity index (χ1v) is 12.1. The highest BCUT2D eigenvalue weighted by molar-refractivity contribution is 5.90. The molecule has 1 aliphatic heterocycles. The van der Waals surface area contributed by atoms with Crippen molar-refractivity contribution in [1.82, 2.24) is 15.1 Å². The number of hydrogen-bond donors (Lipinski definition) is 2. The average Bonchev–Trinajstić information content (AvgIpc) is 2.74. The van der Waals surface area contributed by atoms with Gasteiger partial charge in [-0.25, -0.2) is 4.79 Å². The molecular weight excluding hydrogens is 406 g/mol. The van der Waals surface area contributed by atoms with Crippen molar-refractivity contribution < 1.29 is 19.5 Å². The second-order valence-electron chi connectivity index (χ2n) is 10.0. The van der Waals surface area contributed by atoms with E-state index in [0.29, 0.717) is 12.5 Å². The molecule has 7 nitrogen and oxygen atoms in total. The van der Waals surface area contributed by atoms with Gasteiger partial charge in [0, 0.05) is 18.7 Å². The summed E-state index contributed by atoms with van der Waals surface area (Å²) in [5.74, 6) is -0.982. The van der Waals surface area contributed by atoms with E-state index < -0.39 is 12.0 Å². The van der Waals surface area contributed by atoms with Gasteiger partial charge >= 0.3 is 5.97 Å². The lowest BCUT2D eigenvalue weighted by molar-refractivity contribution is -0.139. The molecule has 0 aromatic heterocycles. The molecule has 0 radical (unpaired) electrons. The minimum Gasteiger partial charge on any atom is -0.478 e. The van der Waals surface area contributed by atoms with E-state index in [1.54, 1.807) is 18.0 Å². The highest BCUT2D eigenvalue weighted by Gasteiger charge is 2.35. The van der Waals surface area contributed by atoms with Gasteiger partial charge in [-0.15, -0.1) is 0 Å². The lowest BCUT2D eigenvalue weighted by Crippen LogP contribution is -2.58. The van der Waals surface area contributed by atoms with Crippen molar-refractivity contribution in [1.29, 1.82) is 0 Å². The van der Waals surface area contributed by atoms with E-state index in [2.05, 4.69) is 24.1 Å². The highest BCUT2D eigenvalue weighted by Crippen LogP contribution is 2.22. The summed E-state index contributed by atoms with van der Waals surface area (Å²) in [4.78, 5) is 42.0. The normalized spacial score (nSPS) is 20.7. The van der Waals surface area contributed by atoms with Gasteiger partial charge in [0.25, 0.3) is 0 Å². The number of nitrogens with one attached hydrogen (secondary N) is 1. The van der Waals surface area contributed by atoms with Crippen molar-refractivity contribution in [2.24, 2.45) is 11.8 Å². The zero-order chi connectivity index (χ0) is 24.6. The summed E-state index contributed by atoms with van der Waals surface area (Å²) in [6, 6.07) is -0.881. The van der Waals surface area contributed by atoms with Crippen molar-refractivity contribution in [2.75, 3.05) is 13.6 Å². The number of carbonyl (C=O) groups is 3. The van der Waals surface area contributed by atoms with E-state index in [9.17, 15) is 19.5 Å². The Balaban J connectivity index is 3.09. The van der Waals surface area contributed by atoms with Gasteiger partial charge in [-0.3, -0.25) is 14.5 Å². The number of amides is 2. The Hall–Kier alpha value is -1.89. The van der Waals surface area contributed by atoms with Gasteiger partial charge in [0.1, 0.15) is 6.04 Å². The van der Waals surface area contributed by atoms with Crippen molar-refractivity contribution >= 4 is 17.8 Å². The van der Waals surface area contributed by atoms with Crippen molar-refractivity contribution in [3.63, 3.8) is 0 Å². The number of carboxylic acid groups (broad SMARTS) is 1. The fraction of sp³-hybridized carbons (Fsp3) is 0.800. The molecule has 4 atom stereocenters. The number of likely N-dealkylation sites (tertiary alicyclic amines) is 1. The molecule has 1 saturated heterocycles. The average molecular weight is 452 g/mol. The van der Waals surface area contributed by atoms with Crippen LogP contribution < -0.4 is 5.32 Å². The maximum absolute atomic E-state index is 13.5. The number of nitrogens with zero attached hydrogens (tertiary/aromatic N) is 2. The van der Waals surface area contributed by atoms with Crippen molar-refractivity contribution in [2.45, 2.75) is 105 Å². The lowest BCUT2D eigenvalue weighted by atomic mass is 9.95. The summed E-state index contributed by atoms with van der Waals surface area (Å²) in [5.41, 5.74) is 0.208. The third-order valence-electron chi connectivity index (χ3n) is 6.56. The number of carboxylic acids is 1. The van der Waals surface area contributed by atoms with Crippen LogP contribution in [0.1, 0.15) is 80.6 Å². The molecule has 2 amide bonds. The number of piperidine rings is 1. The van der Waals surface area contributed by atoms with E-state index in [1.807, 2.05) is 27.7 Å². The Labute approximate surface area is 194 Å². The van der Waals surface area contributed by atoms with Gasteiger partial charge in [-0.05, 0) is 57.9 Å². The first kappa shape index (κ1) is 28.1. The minimum absolute atomic E-state index is 0.0351. The minimum atomic E-state index is -0.994. The summed E-state index contributed by atoms with van der Waals surface area (Å²) >= 11 is 0. The van der Waals surface area contributed by atoms with Gasteiger partial charge < -0.3 is 15.3 Å². The molecule has 1 aliphatic rings. The van der Waals surface area contributed by atoms with Gasteiger partial charge in [0.05, 0.1) is 12.1 Å². The second kappa shape index (κ2) is 13.0. The molecule has 7 heteroatoms. The van der Waals surface area contributed by atoms with Crippen LogP contribution in [0.4, 0.5) is 0 Å². The molecule has 0 aliphatic carbocycles. The third-order valence-corrected chi connectivity index (χ3v) is 6.56. The van der Waals surface area contributed by atoms with Crippen LogP contribution in [0, 0.1) is 11.8 Å². The van der Waals surface area contributed by atoms with Crippen LogP contribution >= 0.6 is 0 Å². The molecular formula is C25H45N3O4. The summed E-state index contributed by atoms with van der Waals surface area (Å²) in [5, 5.41) is 12.3. The van der Waals surface area contributed by atoms with Crippen LogP contribution in [0.25, 0.3) is 0 Å². The Morgan fingerprint density at radius 3 is 2.28 bits per heavy atom. The zero-order valence-electron chi connectivity index (χ0n) is 21.4. The van der Waals surface area contributed by atoms with Crippen LogP contribution in [-0.4, -0.2) is 70.4 Å². The lowest BCUT2D eigenvalue weighted by Gasteiger charge is -2.39. The molecule has 2 N–H and O–H groups in total. The number of hydrogen-bond acceptors (Lipinski definition) is 4. The predicted molar refractivity (Wildman–Crippen MR) is 128 cm³/mol. The smallest absolute Gasteiger partial charge is 0.331 e. The van der Waals surface area contributed by atoms with Crippen LogP contribution in [0.5, 0.6) is 0 Å². The highest BCUT2D eigenvalue weighted by atomic mass is 16.4. The standard InChI is InChI=1S/C25H45N3O4/c1-9-19(7)28-13-11-10-12-21(28)23(29)26-20(14-16(2)3)24(30)27(8)22(17(4)5)15-18(6)25(31)32/h15-17,19-22H,9-14H2,1-8H3,(H,26,29)(H,31,32)/b18-15+/t19?,20-,21?,22+/m0/s1. The Morgan fingerprint density at radius 1 is 1.16 bits per heavy atom. The van der Waals surface area contributed by atoms with Crippen LogP contribution in [0.3, 0.4) is 0 Å². The van der Waals surface area contributed by atoms with Gasteiger partial charge in [-0.2, -0.15) is 0 Å². The predicted octanol–water partition coefficient (Wildman–Crippen LogP) is 3.68. The number of carbonyl (C=O) groups excluding carboxylic acids is 2. The molecule has 0 spiro atoms. The third kappa shape index (κ3) is 7.91. The quantitative estimate of drug-likeness (QED) is 0.468. The molecule has 0 saturated carbocycles. The maximum atomic E-state index is 13.5. The molecule has 0 aromatic carbocycles. The van der Waals surface area contributed by atoms with E-state index >= 15 is 0 Å². The van der Waals surface area contributed by atoms with Crippen LogP contribution in [0.15, 0.2) is 11.6 Å². The number of likely N-dealkylation sites (N-methyl/N-ethyl adjacent to an activating group) is 1. The summed E-state index contributed by atoms with van der Waals surface area (Å²) in [6.07, 6.45) is 6.07. The topological polar surface area (TPSA) is 90.0 Å². The van der Waals surface area contributed by atoms with E-state index in [-0.39, 0.29) is 41.3 Å². The summed E-state index contributed by atoms with van der Waals surface area (Å²) in [6.45, 7) is 14.7. The van der Waals surface area contributed by atoms with Crippen molar-refractivity contribution in [3.8, 4) is 0 Å². The molecule has 0 bridgehead atoms. The van der Waals surface area contributed by atoms with E-state index in [4.69, 9.17) is 0 Å². The van der Waals surface area contributed by atoms with Crippen LogP contribution in [-0.2, 0) is 14.4 Å². The molecule has 2 unspecified atom stereocenters. The summed E-state index contributed by atoms with van der Waals surface area (Å²) < 4.78 is 0. The van der Waals surface area contributed by atoms with E-state index in [0.717, 1.165) is 32.2 Å². The first-order valence-electron chi connectivity index (χ1n) is 12.1. The second-order valence-corrected chi connectivity index (χ2v) is 10.0. The Kier molecular flexibility index (Phi) is 11.4. The Bertz CT molecular complexity index is 674. The molecule has 1 fully saturated rings. The van der Waals surface area contributed by atoms with Gasteiger partial charge in [0.15, 0.2) is 0 Å². The monoisotopic (exact) mass is 451 g/mol. The zero-order valence-corrected chi connectivity index (χ0v) is 21.4. The Morgan fingerprint density at radius 2 is 1.78 bits per heavy atom. The molecule has 1 heterocycles. The first-order chi connectivity index (χ1) is 14.9. The molecule has 184 valence electrons. The van der Waals surface area contributed by atoms with Gasteiger partial charge in [-0.1, -0.05) is 47.1 Å².